The number of anilines is 2. The van der Waals surface area contributed by atoms with E-state index in [1.165, 1.54) is 0 Å². The third-order valence-electron chi connectivity index (χ3n) is 5.55. The number of benzene rings is 2. The number of carbonyl (C=O) groups is 2. The van der Waals surface area contributed by atoms with Gasteiger partial charge in [-0.3, -0.25) is 9.59 Å². The highest BCUT2D eigenvalue weighted by Gasteiger charge is 2.18. The van der Waals surface area contributed by atoms with Gasteiger partial charge in [0.1, 0.15) is 11.4 Å². The molecule has 1 heterocycles. The van der Waals surface area contributed by atoms with Crippen LogP contribution in [0.25, 0.3) is 0 Å². The number of rotatable bonds is 6. The average Bonchev–Trinajstić information content (AvgIpc) is 2.76. The number of pyridine rings is 1. The third-order valence-corrected chi connectivity index (χ3v) is 5.55. The van der Waals surface area contributed by atoms with E-state index in [0.29, 0.717) is 0 Å². The van der Waals surface area contributed by atoms with Crippen LogP contribution in [-0.2, 0) is 0 Å². The second-order valence-corrected chi connectivity index (χ2v) is 8.70. The maximum atomic E-state index is 13.0. The van der Waals surface area contributed by atoms with Gasteiger partial charge in [-0.05, 0) is 60.1 Å². The summed E-state index contributed by atoms with van der Waals surface area (Å²) in [6.07, 6.45) is 0. The second-order valence-electron chi connectivity index (χ2n) is 8.70. The largest absolute Gasteiger partial charge is 0.320 e. The van der Waals surface area contributed by atoms with Gasteiger partial charge in [0, 0.05) is 11.4 Å². The molecule has 2 aromatic carbocycles. The number of aryl methyl sites for hydroxylation is 2. The van der Waals surface area contributed by atoms with E-state index >= 15 is 0 Å². The average molecular weight is 430 g/mol. The van der Waals surface area contributed by atoms with Crippen molar-refractivity contribution in [3.8, 4) is 0 Å². The molecule has 166 valence electrons. The Kier molecular flexibility index (Phi) is 7.08. The van der Waals surface area contributed by atoms with Gasteiger partial charge in [0.2, 0.25) is 0 Å². The predicted octanol–water partition coefficient (Wildman–Crippen LogP) is 6.45. The lowest BCUT2D eigenvalue weighted by molar-refractivity contribution is 0.101. The molecule has 0 aliphatic carbocycles. The first-order valence-corrected chi connectivity index (χ1v) is 11.0. The van der Waals surface area contributed by atoms with Crippen LogP contribution in [0.5, 0.6) is 0 Å². The van der Waals surface area contributed by atoms with Crippen LogP contribution in [0.3, 0.4) is 0 Å². The number of nitrogens with zero attached hydrogens (tertiary/aromatic N) is 1. The standard InChI is InChI=1S/C27H31N3O2/c1-16(2)20-12-7-10-18(5)24(20)29-26(31)22-14-9-15-23(28-22)27(32)30-25-19(6)11-8-13-21(25)17(3)4/h7-17H,1-6H3,(H,29,31)(H,30,32). The fourth-order valence-corrected chi connectivity index (χ4v) is 3.73. The van der Waals surface area contributed by atoms with Crippen molar-refractivity contribution in [3.63, 3.8) is 0 Å². The quantitative estimate of drug-likeness (QED) is 0.473. The van der Waals surface area contributed by atoms with Gasteiger partial charge in [0.05, 0.1) is 0 Å². The van der Waals surface area contributed by atoms with Crippen LogP contribution in [0.4, 0.5) is 11.4 Å². The molecule has 0 radical (unpaired) electrons. The van der Waals surface area contributed by atoms with Gasteiger partial charge in [0.25, 0.3) is 11.8 Å². The van der Waals surface area contributed by atoms with Gasteiger partial charge in [0.15, 0.2) is 0 Å². The molecule has 32 heavy (non-hydrogen) atoms. The van der Waals surface area contributed by atoms with Gasteiger partial charge in [-0.2, -0.15) is 0 Å². The molecule has 3 rings (SSSR count). The summed E-state index contributed by atoms with van der Waals surface area (Å²) >= 11 is 0. The van der Waals surface area contributed by atoms with Crippen molar-refractivity contribution in [2.24, 2.45) is 0 Å². The Morgan fingerprint density at radius 3 is 1.41 bits per heavy atom. The van der Waals surface area contributed by atoms with Crippen LogP contribution < -0.4 is 10.6 Å². The Morgan fingerprint density at radius 1 is 0.656 bits per heavy atom. The monoisotopic (exact) mass is 429 g/mol. The maximum absolute atomic E-state index is 13.0. The molecule has 3 aromatic rings. The molecular weight excluding hydrogens is 398 g/mol. The summed E-state index contributed by atoms with van der Waals surface area (Å²) in [6.45, 7) is 12.3. The molecule has 0 bridgehead atoms. The van der Waals surface area contributed by atoms with Crippen molar-refractivity contribution in [2.75, 3.05) is 10.6 Å². The van der Waals surface area contributed by atoms with Gasteiger partial charge >= 0.3 is 0 Å². The van der Waals surface area contributed by atoms with E-state index in [1.54, 1.807) is 18.2 Å². The number of nitrogens with one attached hydrogen (secondary N) is 2. The molecule has 0 aliphatic rings. The summed E-state index contributed by atoms with van der Waals surface area (Å²) in [5.41, 5.74) is 6.09. The highest BCUT2D eigenvalue weighted by atomic mass is 16.2. The summed E-state index contributed by atoms with van der Waals surface area (Å²) in [6, 6.07) is 16.8. The fourth-order valence-electron chi connectivity index (χ4n) is 3.73. The first-order chi connectivity index (χ1) is 15.2. The van der Waals surface area contributed by atoms with E-state index in [0.717, 1.165) is 33.6 Å². The smallest absolute Gasteiger partial charge is 0.274 e. The molecule has 5 heteroatoms. The SMILES string of the molecule is Cc1cccc(C(C)C)c1NC(=O)c1cccc(C(=O)Nc2c(C)cccc2C(C)C)n1. The number of amides is 2. The summed E-state index contributed by atoms with van der Waals surface area (Å²) in [5.74, 6) is -0.150. The molecule has 1 aromatic heterocycles. The molecule has 0 aliphatic heterocycles. The molecule has 0 fully saturated rings. The van der Waals surface area contributed by atoms with E-state index in [4.69, 9.17) is 0 Å². The zero-order chi connectivity index (χ0) is 23.4. The summed E-state index contributed by atoms with van der Waals surface area (Å²) in [7, 11) is 0. The van der Waals surface area contributed by atoms with Crippen molar-refractivity contribution >= 4 is 23.2 Å². The topological polar surface area (TPSA) is 71.1 Å². The van der Waals surface area contributed by atoms with E-state index in [2.05, 4.69) is 43.3 Å². The molecule has 0 saturated heterocycles. The van der Waals surface area contributed by atoms with Crippen LogP contribution in [-0.4, -0.2) is 16.8 Å². The molecule has 0 atom stereocenters. The van der Waals surface area contributed by atoms with Crippen molar-refractivity contribution < 1.29 is 9.59 Å². The number of carbonyl (C=O) groups excluding carboxylic acids is 2. The van der Waals surface area contributed by atoms with E-state index in [-0.39, 0.29) is 35.0 Å². The molecule has 5 nitrogen and oxygen atoms in total. The highest BCUT2D eigenvalue weighted by Crippen LogP contribution is 2.29. The Labute approximate surface area is 190 Å². The zero-order valence-electron chi connectivity index (χ0n) is 19.6. The van der Waals surface area contributed by atoms with Crippen molar-refractivity contribution in [2.45, 2.75) is 53.4 Å². The number of para-hydroxylation sites is 2. The Bertz CT molecular complexity index is 1060. The first kappa shape index (κ1) is 23.2. The fraction of sp³-hybridized carbons (Fsp3) is 0.296. The van der Waals surface area contributed by atoms with Crippen LogP contribution >= 0.6 is 0 Å². The molecule has 2 N–H and O–H groups in total. The molecule has 0 unspecified atom stereocenters. The number of aromatic nitrogens is 1. The number of hydrogen-bond acceptors (Lipinski definition) is 3. The van der Waals surface area contributed by atoms with E-state index in [9.17, 15) is 9.59 Å². The lowest BCUT2D eigenvalue weighted by atomic mass is 9.98. The minimum atomic E-state index is -0.338. The summed E-state index contributed by atoms with van der Waals surface area (Å²) in [5, 5.41) is 5.98. The molecular formula is C27H31N3O2. The Hall–Kier alpha value is -3.47. The molecule has 2 amide bonds. The zero-order valence-corrected chi connectivity index (χ0v) is 19.6. The first-order valence-electron chi connectivity index (χ1n) is 11.0. The van der Waals surface area contributed by atoms with Gasteiger partial charge in [-0.1, -0.05) is 70.2 Å². The van der Waals surface area contributed by atoms with Gasteiger partial charge in [-0.25, -0.2) is 4.98 Å². The maximum Gasteiger partial charge on any atom is 0.274 e. The minimum absolute atomic E-state index is 0.199. The Morgan fingerprint density at radius 2 is 1.03 bits per heavy atom. The second kappa shape index (κ2) is 9.77. The van der Waals surface area contributed by atoms with E-state index in [1.807, 2.05) is 50.2 Å². The summed E-state index contributed by atoms with van der Waals surface area (Å²) < 4.78 is 0. The van der Waals surface area contributed by atoms with Crippen LogP contribution in [0.15, 0.2) is 54.6 Å². The predicted molar refractivity (Wildman–Crippen MR) is 131 cm³/mol. The molecule has 0 saturated carbocycles. The van der Waals surface area contributed by atoms with E-state index < -0.39 is 0 Å². The summed E-state index contributed by atoms with van der Waals surface area (Å²) in [4.78, 5) is 30.3. The van der Waals surface area contributed by atoms with Crippen LogP contribution in [0, 0.1) is 13.8 Å². The van der Waals surface area contributed by atoms with Gasteiger partial charge < -0.3 is 10.6 Å². The van der Waals surface area contributed by atoms with Crippen molar-refractivity contribution in [1.29, 1.82) is 0 Å². The van der Waals surface area contributed by atoms with Crippen LogP contribution in [0.1, 0.15) is 82.8 Å². The highest BCUT2D eigenvalue weighted by molar-refractivity contribution is 6.07. The van der Waals surface area contributed by atoms with Crippen molar-refractivity contribution in [1.82, 2.24) is 4.98 Å². The lowest BCUT2D eigenvalue weighted by Crippen LogP contribution is -2.20. The minimum Gasteiger partial charge on any atom is -0.320 e. The number of hydrogen-bond donors (Lipinski definition) is 2. The normalized spacial score (nSPS) is 11.0. The van der Waals surface area contributed by atoms with Crippen LogP contribution in [0.2, 0.25) is 0 Å². The molecule has 0 spiro atoms. The van der Waals surface area contributed by atoms with Gasteiger partial charge in [-0.15, -0.1) is 0 Å². The Balaban J connectivity index is 1.85. The lowest BCUT2D eigenvalue weighted by Gasteiger charge is -2.17. The third kappa shape index (κ3) is 5.05. The van der Waals surface area contributed by atoms with Crippen molar-refractivity contribution in [3.05, 3.63) is 88.2 Å².